The minimum absolute atomic E-state index is 0.106. The summed E-state index contributed by atoms with van der Waals surface area (Å²) in [5.74, 6) is 0.692. The van der Waals surface area contributed by atoms with Gasteiger partial charge in [0.2, 0.25) is 11.0 Å². The van der Waals surface area contributed by atoms with Gasteiger partial charge in [-0.3, -0.25) is 4.79 Å². The van der Waals surface area contributed by atoms with Gasteiger partial charge in [0.25, 0.3) is 0 Å². The van der Waals surface area contributed by atoms with Crippen molar-refractivity contribution >= 4 is 34.1 Å². The third-order valence-corrected chi connectivity index (χ3v) is 5.83. The quantitative estimate of drug-likeness (QED) is 0.818. The number of carbonyl (C=O) groups is 1. The minimum atomic E-state index is -0.137. The van der Waals surface area contributed by atoms with E-state index in [0.29, 0.717) is 12.0 Å². The van der Waals surface area contributed by atoms with Gasteiger partial charge in [-0.2, -0.15) is 0 Å². The summed E-state index contributed by atoms with van der Waals surface area (Å²) >= 11 is 2.95. The number of amides is 1. The van der Waals surface area contributed by atoms with Crippen molar-refractivity contribution in [1.82, 2.24) is 15.5 Å². The van der Waals surface area contributed by atoms with E-state index in [1.807, 2.05) is 14.0 Å². The molecule has 1 heterocycles. The van der Waals surface area contributed by atoms with Crippen molar-refractivity contribution in [3.63, 3.8) is 0 Å². The zero-order valence-corrected chi connectivity index (χ0v) is 13.8. The van der Waals surface area contributed by atoms with Crippen LogP contribution in [-0.4, -0.2) is 34.4 Å². The largest absolute Gasteiger partial charge is 0.363 e. The van der Waals surface area contributed by atoms with E-state index in [9.17, 15) is 4.79 Å². The summed E-state index contributed by atoms with van der Waals surface area (Å²) in [6.45, 7) is 4.15. The Kier molecular flexibility index (Phi) is 5.65. The highest BCUT2D eigenvalue weighted by Crippen LogP contribution is 2.29. The fraction of sp³-hybridized carbons (Fsp3) is 0.769. The highest BCUT2D eigenvalue weighted by atomic mass is 32.2. The molecule has 2 N–H and O–H groups in total. The van der Waals surface area contributed by atoms with Crippen LogP contribution in [0.1, 0.15) is 39.5 Å². The summed E-state index contributed by atoms with van der Waals surface area (Å²) in [4.78, 5) is 12.2. The van der Waals surface area contributed by atoms with Gasteiger partial charge in [-0.1, -0.05) is 42.9 Å². The molecule has 20 heavy (non-hydrogen) atoms. The van der Waals surface area contributed by atoms with Gasteiger partial charge in [0.1, 0.15) is 0 Å². The molecule has 1 aliphatic rings. The summed E-state index contributed by atoms with van der Waals surface area (Å²) < 4.78 is 0.827. The number of hydrogen-bond acceptors (Lipinski definition) is 6. The molecule has 7 heteroatoms. The SMILES string of the molecule is CNc1nnc(S[C@H](C)C(=O)N[C@@H]2CCCC[C@H]2C)s1. The first-order valence-corrected chi connectivity index (χ1v) is 8.78. The first kappa shape index (κ1) is 15.6. The number of carbonyl (C=O) groups excluding carboxylic acids is 1. The van der Waals surface area contributed by atoms with Crippen LogP contribution in [0.5, 0.6) is 0 Å². The normalized spacial score (nSPS) is 24.1. The number of aromatic nitrogens is 2. The van der Waals surface area contributed by atoms with Gasteiger partial charge in [0.15, 0.2) is 4.34 Å². The second-order valence-corrected chi connectivity index (χ2v) is 7.83. The van der Waals surface area contributed by atoms with E-state index in [0.717, 1.165) is 15.9 Å². The maximum absolute atomic E-state index is 12.2. The molecule has 0 aromatic carbocycles. The average molecular weight is 314 g/mol. The molecule has 0 radical (unpaired) electrons. The highest BCUT2D eigenvalue weighted by Gasteiger charge is 2.25. The molecule has 112 valence electrons. The van der Waals surface area contributed by atoms with Crippen molar-refractivity contribution in [1.29, 1.82) is 0 Å². The van der Waals surface area contributed by atoms with E-state index in [1.165, 1.54) is 42.4 Å². The molecule has 3 atom stereocenters. The number of rotatable bonds is 5. The molecule has 1 fully saturated rings. The van der Waals surface area contributed by atoms with Crippen LogP contribution in [0.4, 0.5) is 5.13 Å². The Bertz CT molecular complexity index is 451. The van der Waals surface area contributed by atoms with Gasteiger partial charge < -0.3 is 10.6 Å². The third kappa shape index (κ3) is 4.09. The molecular weight excluding hydrogens is 292 g/mol. The molecule has 2 rings (SSSR count). The Hall–Kier alpha value is -0.820. The first-order valence-electron chi connectivity index (χ1n) is 7.08. The summed E-state index contributed by atoms with van der Waals surface area (Å²) in [5, 5.41) is 14.8. The summed E-state index contributed by atoms with van der Waals surface area (Å²) in [6, 6.07) is 0.335. The predicted octanol–water partition coefficient (Wildman–Crippen LogP) is 2.76. The van der Waals surface area contributed by atoms with Gasteiger partial charge in [0.05, 0.1) is 5.25 Å². The lowest BCUT2D eigenvalue weighted by atomic mass is 9.86. The van der Waals surface area contributed by atoms with Crippen molar-refractivity contribution in [2.75, 3.05) is 12.4 Å². The van der Waals surface area contributed by atoms with Gasteiger partial charge >= 0.3 is 0 Å². The van der Waals surface area contributed by atoms with E-state index >= 15 is 0 Å². The zero-order chi connectivity index (χ0) is 14.5. The maximum atomic E-state index is 12.2. The monoisotopic (exact) mass is 314 g/mol. The number of hydrogen-bond donors (Lipinski definition) is 2. The second kappa shape index (κ2) is 7.26. The first-order chi connectivity index (χ1) is 9.60. The fourth-order valence-corrected chi connectivity index (χ4v) is 4.25. The van der Waals surface area contributed by atoms with E-state index in [4.69, 9.17) is 0 Å². The number of thioether (sulfide) groups is 1. The van der Waals surface area contributed by atoms with Gasteiger partial charge in [-0.05, 0) is 25.7 Å². The second-order valence-electron chi connectivity index (χ2n) is 5.26. The van der Waals surface area contributed by atoms with Crippen LogP contribution in [-0.2, 0) is 4.79 Å². The Morgan fingerprint density at radius 1 is 1.40 bits per heavy atom. The van der Waals surface area contributed by atoms with E-state index in [2.05, 4.69) is 27.8 Å². The van der Waals surface area contributed by atoms with Crippen molar-refractivity contribution in [3.05, 3.63) is 0 Å². The summed E-state index contributed by atoms with van der Waals surface area (Å²) in [6.07, 6.45) is 4.83. The Morgan fingerprint density at radius 3 is 2.80 bits per heavy atom. The molecule has 1 amide bonds. The van der Waals surface area contributed by atoms with Crippen LogP contribution in [0.25, 0.3) is 0 Å². The van der Waals surface area contributed by atoms with Gasteiger partial charge in [-0.25, -0.2) is 0 Å². The summed E-state index contributed by atoms with van der Waals surface area (Å²) in [5.41, 5.74) is 0. The lowest BCUT2D eigenvalue weighted by molar-refractivity contribution is -0.121. The van der Waals surface area contributed by atoms with Crippen LogP contribution in [0.3, 0.4) is 0 Å². The van der Waals surface area contributed by atoms with Crippen molar-refractivity contribution < 1.29 is 4.79 Å². The molecule has 1 saturated carbocycles. The average Bonchev–Trinajstić information content (AvgIpc) is 2.89. The molecule has 0 bridgehead atoms. The topological polar surface area (TPSA) is 66.9 Å². The maximum Gasteiger partial charge on any atom is 0.233 e. The van der Waals surface area contributed by atoms with E-state index in [1.54, 1.807) is 0 Å². The Labute approximate surface area is 128 Å². The molecule has 0 spiro atoms. The standard InChI is InChI=1S/C13H22N4OS2/c1-8-6-4-5-7-10(8)15-11(18)9(2)19-13-17-16-12(14-3)20-13/h8-10H,4-7H2,1-3H3,(H,14,16)(H,15,18)/t8-,9-,10-/m1/s1. The van der Waals surface area contributed by atoms with E-state index < -0.39 is 0 Å². The third-order valence-electron chi connectivity index (χ3n) is 3.71. The fourth-order valence-electron chi connectivity index (χ4n) is 2.39. The number of nitrogens with zero attached hydrogens (tertiary/aromatic N) is 2. The lowest BCUT2D eigenvalue weighted by Crippen LogP contribution is -2.44. The molecule has 1 aromatic rings. The highest BCUT2D eigenvalue weighted by molar-refractivity contribution is 8.02. The Morgan fingerprint density at radius 2 is 2.15 bits per heavy atom. The van der Waals surface area contributed by atoms with Crippen LogP contribution in [0.15, 0.2) is 4.34 Å². The number of nitrogens with one attached hydrogen (secondary N) is 2. The van der Waals surface area contributed by atoms with Gasteiger partial charge in [0, 0.05) is 13.1 Å². The van der Waals surface area contributed by atoms with Crippen molar-refractivity contribution in [3.8, 4) is 0 Å². The lowest BCUT2D eigenvalue weighted by Gasteiger charge is -2.30. The molecular formula is C13H22N4OS2. The molecule has 0 aliphatic heterocycles. The minimum Gasteiger partial charge on any atom is -0.363 e. The van der Waals surface area contributed by atoms with Crippen molar-refractivity contribution in [2.24, 2.45) is 5.92 Å². The molecule has 5 nitrogen and oxygen atoms in total. The molecule has 0 unspecified atom stereocenters. The smallest absolute Gasteiger partial charge is 0.233 e. The molecule has 1 aromatic heterocycles. The molecule has 0 saturated heterocycles. The van der Waals surface area contributed by atoms with Crippen molar-refractivity contribution in [2.45, 2.75) is 55.2 Å². The number of anilines is 1. The van der Waals surface area contributed by atoms with Crippen LogP contribution >= 0.6 is 23.1 Å². The van der Waals surface area contributed by atoms with Crippen LogP contribution < -0.4 is 10.6 Å². The van der Waals surface area contributed by atoms with E-state index in [-0.39, 0.29) is 11.2 Å². The Balaban J connectivity index is 1.85. The van der Waals surface area contributed by atoms with Gasteiger partial charge in [-0.15, -0.1) is 10.2 Å². The van der Waals surface area contributed by atoms with Crippen LogP contribution in [0, 0.1) is 5.92 Å². The molecule has 1 aliphatic carbocycles. The zero-order valence-electron chi connectivity index (χ0n) is 12.2. The summed E-state index contributed by atoms with van der Waals surface area (Å²) in [7, 11) is 1.82. The van der Waals surface area contributed by atoms with Crippen LogP contribution in [0.2, 0.25) is 0 Å². The predicted molar refractivity (Wildman–Crippen MR) is 84.3 cm³/mol.